The van der Waals surface area contributed by atoms with Crippen LogP contribution in [0.1, 0.15) is 22.3 Å². The zero-order valence-electron chi connectivity index (χ0n) is 25.3. The topological polar surface area (TPSA) is 43.1 Å². The molecule has 0 bridgehead atoms. The fourth-order valence-corrected chi connectivity index (χ4v) is 8.23. The lowest BCUT2D eigenvalue weighted by Gasteiger charge is -2.37. The lowest BCUT2D eigenvalue weighted by atomic mass is 9.64. The highest BCUT2D eigenvalue weighted by Gasteiger charge is 2.49. The van der Waals surface area contributed by atoms with Crippen molar-refractivity contribution in [3.05, 3.63) is 207 Å². The van der Waals surface area contributed by atoms with Crippen molar-refractivity contribution in [3.8, 4) is 44.5 Å². The number of benzene rings is 7. The molecule has 0 unspecified atom stereocenters. The second-order valence-electron chi connectivity index (χ2n) is 11.8. The van der Waals surface area contributed by atoms with Crippen LogP contribution in [0.5, 0.6) is 0 Å². The fraction of sp³-hybridized carbons (Fsp3) is 0.0233. The highest BCUT2D eigenvalue weighted by atomic mass is 79.9. The lowest BCUT2D eigenvalue weighted by molar-refractivity contribution is -0.384. The van der Waals surface area contributed by atoms with Crippen molar-refractivity contribution < 1.29 is 4.92 Å². The molecule has 7 aromatic rings. The molecule has 1 aliphatic carbocycles. The lowest BCUT2D eigenvalue weighted by Crippen LogP contribution is -2.30. The first-order chi connectivity index (χ1) is 23.1. The van der Waals surface area contributed by atoms with Gasteiger partial charge in [-0.25, -0.2) is 0 Å². The van der Waals surface area contributed by atoms with Gasteiger partial charge in [-0.1, -0.05) is 162 Å². The van der Waals surface area contributed by atoms with Gasteiger partial charge in [0.2, 0.25) is 0 Å². The summed E-state index contributed by atoms with van der Waals surface area (Å²) in [5, 5.41) is 12.1. The van der Waals surface area contributed by atoms with Gasteiger partial charge in [0.05, 0.1) is 15.9 Å². The number of hydrogen-bond donors (Lipinski definition) is 0. The van der Waals surface area contributed by atoms with E-state index in [1.165, 1.54) is 16.7 Å². The van der Waals surface area contributed by atoms with Crippen LogP contribution in [0.25, 0.3) is 44.5 Å². The van der Waals surface area contributed by atoms with Gasteiger partial charge in [-0.05, 0) is 79.4 Å². The normalized spacial score (nSPS) is 12.7. The third kappa shape index (κ3) is 4.56. The maximum Gasteiger partial charge on any atom is 0.277 e. The van der Waals surface area contributed by atoms with Crippen molar-refractivity contribution >= 4 is 21.6 Å². The van der Waals surface area contributed by atoms with Crippen LogP contribution in [0.4, 0.5) is 5.69 Å². The summed E-state index contributed by atoms with van der Waals surface area (Å²) in [5.74, 6) is 0. The van der Waals surface area contributed by atoms with Crippen LogP contribution in [0, 0.1) is 10.1 Å². The van der Waals surface area contributed by atoms with Gasteiger partial charge in [0.1, 0.15) is 0 Å². The standard InChI is InChI=1S/C43H28BrNO2/c44-40-28-31(34-21-10-14-26-41(34)45(46)47)27-36-35-22-9-13-25-39(35)43(42(36)40,37-23-11-7-19-32(37)29-15-3-1-4-16-29)38-24-12-8-20-33(38)30-17-5-2-6-18-30/h1-28H. The Hall–Kier alpha value is -5.58. The summed E-state index contributed by atoms with van der Waals surface area (Å²) in [6.45, 7) is 0. The van der Waals surface area contributed by atoms with Gasteiger partial charge in [0, 0.05) is 10.5 Å². The number of fused-ring (bicyclic) bond motifs is 3. The van der Waals surface area contributed by atoms with Crippen LogP contribution in [0.3, 0.4) is 0 Å². The van der Waals surface area contributed by atoms with Gasteiger partial charge >= 0.3 is 0 Å². The highest BCUT2D eigenvalue weighted by molar-refractivity contribution is 9.10. The first kappa shape index (κ1) is 28.9. The molecular formula is C43H28BrNO2. The Kier molecular flexibility index (Phi) is 7.16. The Morgan fingerprint density at radius 2 is 0.872 bits per heavy atom. The number of para-hydroxylation sites is 1. The van der Waals surface area contributed by atoms with Crippen molar-refractivity contribution in [1.82, 2.24) is 0 Å². The molecule has 0 fully saturated rings. The molecule has 8 rings (SSSR count). The van der Waals surface area contributed by atoms with Crippen LogP contribution in [-0.4, -0.2) is 4.92 Å². The molecule has 0 radical (unpaired) electrons. The molecule has 4 heteroatoms. The van der Waals surface area contributed by atoms with Crippen molar-refractivity contribution in [1.29, 1.82) is 0 Å². The second-order valence-corrected chi connectivity index (χ2v) is 12.6. The number of nitro groups is 1. The maximum absolute atomic E-state index is 12.1. The largest absolute Gasteiger partial charge is 0.277 e. The van der Waals surface area contributed by atoms with E-state index in [1.54, 1.807) is 12.1 Å². The van der Waals surface area contributed by atoms with E-state index in [2.05, 4.69) is 149 Å². The number of nitro benzene ring substituents is 1. The summed E-state index contributed by atoms with van der Waals surface area (Å²) in [4.78, 5) is 11.8. The molecule has 0 aliphatic heterocycles. The zero-order chi connectivity index (χ0) is 32.0. The Morgan fingerprint density at radius 1 is 0.447 bits per heavy atom. The maximum atomic E-state index is 12.1. The number of halogens is 1. The first-order valence-corrected chi connectivity index (χ1v) is 16.4. The Morgan fingerprint density at radius 3 is 1.40 bits per heavy atom. The van der Waals surface area contributed by atoms with Gasteiger partial charge in [-0.15, -0.1) is 0 Å². The van der Waals surface area contributed by atoms with E-state index in [0.29, 0.717) is 5.56 Å². The van der Waals surface area contributed by atoms with E-state index in [4.69, 9.17) is 0 Å². The summed E-state index contributed by atoms with van der Waals surface area (Å²) < 4.78 is 0.894. The predicted octanol–water partition coefficient (Wildman–Crippen LogP) is 11.7. The third-order valence-corrected chi connectivity index (χ3v) is 9.96. The molecule has 3 nitrogen and oxygen atoms in total. The fourth-order valence-electron chi connectivity index (χ4n) is 7.48. The first-order valence-electron chi connectivity index (χ1n) is 15.6. The van der Waals surface area contributed by atoms with Crippen LogP contribution >= 0.6 is 15.9 Å². The average Bonchev–Trinajstić information content (AvgIpc) is 3.44. The van der Waals surface area contributed by atoms with E-state index in [1.807, 2.05) is 24.3 Å². The van der Waals surface area contributed by atoms with Crippen LogP contribution in [-0.2, 0) is 5.41 Å². The van der Waals surface area contributed by atoms with Gasteiger partial charge < -0.3 is 0 Å². The quantitative estimate of drug-likeness (QED) is 0.131. The predicted molar refractivity (Wildman–Crippen MR) is 194 cm³/mol. The molecule has 0 saturated heterocycles. The van der Waals surface area contributed by atoms with Gasteiger partial charge in [-0.2, -0.15) is 0 Å². The molecular weight excluding hydrogens is 642 g/mol. The van der Waals surface area contributed by atoms with E-state index >= 15 is 0 Å². The smallest absolute Gasteiger partial charge is 0.258 e. The average molecular weight is 671 g/mol. The molecule has 0 N–H and O–H groups in total. The van der Waals surface area contributed by atoms with Crippen molar-refractivity contribution in [2.75, 3.05) is 0 Å². The molecule has 224 valence electrons. The molecule has 1 aliphatic rings. The van der Waals surface area contributed by atoms with Gasteiger partial charge in [0.15, 0.2) is 0 Å². The summed E-state index contributed by atoms with van der Waals surface area (Å²) >= 11 is 4.08. The minimum atomic E-state index is -0.731. The number of nitrogens with zero attached hydrogens (tertiary/aromatic N) is 1. The van der Waals surface area contributed by atoms with Crippen LogP contribution < -0.4 is 0 Å². The minimum absolute atomic E-state index is 0.0840. The molecule has 0 spiro atoms. The van der Waals surface area contributed by atoms with Crippen LogP contribution in [0.15, 0.2) is 174 Å². The molecule has 0 aromatic heterocycles. The van der Waals surface area contributed by atoms with Crippen molar-refractivity contribution in [2.24, 2.45) is 0 Å². The molecule has 47 heavy (non-hydrogen) atoms. The van der Waals surface area contributed by atoms with E-state index in [9.17, 15) is 10.1 Å². The Balaban J connectivity index is 1.54. The highest BCUT2D eigenvalue weighted by Crippen LogP contribution is 2.61. The summed E-state index contributed by atoms with van der Waals surface area (Å²) in [6, 6.07) is 58.3. The van der Waals surface area contributed by atoms with Crippen LogP contribution in [0.2, 0.25) is 0 Å². The summed E-state index contributed by atoms with van der Waals surface area (Å²) in [7, 11) is 0. The van der Waals surface area contributed by atoms with E-state index in [-0.39, 0.29) is 10.6 Å². The molecule has 0 amide bonds. The van der Waals surface area contributed by atoms with Gasteiger partial charge in [0.25, 0.3) is 5.69 Å². The zero-order valence-corrected chi connectivity index (χ0v) is 26.9. The van der Waals surface area contributed by atoms with E-state index in [0.717, 1.165) is 49.0 Å². The molecule has 0 saturated carbocycles. The molecule has 7 aromatic carbocycles. The monoisotopic (exact) mass is 669 g/mol. The molecule has 0 atom stereocenters. The van der Waals surface area contributed by atoms with Crippen molar-refractivity contribution in [3.63, 3.8) is 0 Å². The van der Waals surface area contributed by atoms with E-state index < -0.39 is 5.41 Å². The Bertz CT molecular complexity index is 2210. The van der Waals surface area contributed by atoms with Crippen molar-refractivity contribution in [2.45, 2.75) is 5.41 Å². The second kappa shape index (κ2) is 11.7. The third-order valence-electron chi connectivity index (χ3n) is 9.33. The van der Waals surface area contributed by atoms with Gasteiger partial charge in [-0.3, -0.25) is 10.1 Å². The summed E-state index contributed by atoms with van der Waals surface area (Å²) in [5.41, 5.74) is 12.1. The summed E-state index contributed by atoms with van der Waals surface area (Å²) in [6.07, 6.45) is 0. The minimum Gasteiger partial charge on any atom is -0.258 e. The Labute approximate surface area is 282 Å². The SMILES string of the molecule is O=[N+]([O-])c1ccccc1-c1cc(Br)c2c(c1)-c1ccccc1C2(c1ccccc1-c1ccccc1)c1ccccc1-c1ccccc1. The number of hydrogen-bond acceptors (Lipinski definition) is 2. The number of rotatable bonds is 6. The molecule has 0 heterocycles.